The van der Waals surface area contributed by atoms with Crippen LogP contribution in [0.4, 0.5) is 0 Å². The number of imidazole rings is 1. The number of carbonyl (C=O) groups excluding carboxylic acids is 1. The normalized spacial score (nSPS) is 16.8. The first-order chi connectivity index (χ1) is 14.3. The maximum Gasteiger partial charge on any atom is 0.312 e. The first kappa shape index (κ1) is 18.8. The second kappa shape index (κ2) is 6.66. The van der Waals surface area contributed by atoms with Crippen molar-refractivity contribution in [3.05, 3.63) is 64.6 Å². The van der Waals surface area contributed by atoms with Gasteiger partial charge in [0.1, 0.15) is 11.2 Å². The summed E-state index contributed by atoms with van der Waals surface area (Å²) in [6, 6.07) is 6.96. The topological polar surface area (TPSA) is 105 Å². The summed E-state index contributed by atoms with van der Waals surface area (Å²) in [6.45, 7) is 6.33. The van der Waals surface area contributed by atoms with Crippen LogP contribution in [0.3, 0.4) is 0 Å². The summed E-state index contributed by atoms with van der Waals surface area (Å²) >= 11 is 6.29. The number of aromatic amines is 1. The molecule has 0 saturated carbocycles. The van der Waals surface area contributed by atoms with Crippen molar-refractivity contribution >= 4 is 23.0 Å². The van der Waals surface area contributed by atoms with Crippen LogP contribution >= 0.6 is 11.6 Å². The Morgan fingerprint density at radius 2 is 2.13 bits per heavy atom. The largest absolute Gasteiger partial charge is 0.416 e. The van der Waals surface area contributed by atoms with E-state index < -0.39 is 6.04 Å². The van der Waals surface area contributed by atoms with E-state index in [1.54, 1.807) is 21.8 Å². The number of fused-ring (bicyclic) bond motifs is 2. The van der Waals surface area contributed by atoms with E-state index in [0.717, 1.165) is 16.9 Å². The van der Waals surface area contributed by atoms with Gasteiger partial charge in [0, 0.05) is 24.1 Å². The number of carbonyl (C=O) groups is 1. The first-order valence-corrected chi connectivity index (χ1v) is 10.0. The Labute approximate surface area is 177 Å². The molecule has 0 fully saturated rings. The summed E-state index contributed by atoms with van der Waals surface area (Å²) in [5, 5.41) is 13.2. The summed E-state index contributed by atoms with van der Waals surface area (Å²) in [5.74, 6) is 0.0323. The van der Waals surface area contributed by atoms with Gasteiger partial charge < -0.3 is 14.3 Å². The number of H-pyrrole nitrogens is 1. The Balaban J connectivity index is 1.59. The average Bonchev–Trinajstić information content (AvgIpc) is 3.44. The van der Waals surface area contributed by atoms with Crippen LogP contribution in [0.1, 0.15) is 60.5 Å². The first-order valence-electron chi connectivity index (χ1n) is 9.64. The van der Waals surface area contributed by atoms with Crippen molar-refractivity contribution in [2.45, 2.75) is 38.6 Å². The van der Waals surface area contributed by atoms with Crippen LogP contribution < -0.4 is 0 Å². The van der Waals surface area contributed by atoms with Crippen molar-refractivity contribution in [1.29, 1.82) is 0 Å². The fourth-order valence-electron chi connectivity index (χ4n) is 3.67. The van der Waals surface area contributed by atoms with E-state index in [1.807, 2.05) is 39.0 Å². The molecular formula is C20H20ClN7O2. The third-order valence-corrected chi connectivity index (χ3v) is 5.46. The molecule has 1 atom stereocenters. The molecule has 9 nitrogen and oxygen atoms in total. The van der Waals surface area contributed by atoms with E-state index in [0.29, 0.717) is 29.7 Å². The number of halogens is 1. The smallest absolute Gasteiger partial charge is 0.312 e. The number of rotatable bonds is 2. The highest BCUT2D eigenvalue weighted by atomic mass is 35.5. The Morgan fingerprint density at radius 3 is 2.87 bits per heavy atom. The fraction of sp³-hybridized carbons (Fsp3) is 0.350. The third-order valence-electron chi connectivity index (χ3n) is 5.17. The molecule has 1 aliphatic heterocycles. The summed E-state index contributed by atoms with van der Waals surface area (Å²) in [4.78, 5) is 22.7. The Hall–Kier alpha value is -3.20. The lowest BCUT2D eigenvalue weighted by molar-refractivity contribution is 0.0642. The zero-order chi connectivity index (χ0) is 21.0. The number of hydrogen-bond donors (Lipinski definition) is 1. The summed E-state index contributed by atoms with van der Waals surface area (Å²) < 4.78 is 7.35. The highest BCUT2D eigenvalue weighted by molar-refractivity contribution is 6.29. The van der Waals surface area contributed by atoms with Crippen LogP contribution in [-0.4, -0.2) is 47.1 Å². The summed E-state index contributed by atoms with van der Waals surface area (Å²) in [7, 11) is 0. The molecule has 4 aromatic heterocycles. The summed E-state index contributed by atoms with van der Waals surface area (Å²) in [5.41, 5.74) is 2.89. The van der Waals surface area contributed by atoms with Crippen molar-refractivity contribution in [3.8, 4) is 0 Å². The van der Waals surface area contributed by atoms with Gasteiger partial charge in [-0.2, -0.15) is 5.10 Å². The second-order valence-corrected chi connectivity index (χ2v) is 8.72. The fourth-order valence-corrected chi connectivity index (χ4v) is 3.87. The standard InChI is InChI=1S/C20H20ClN7O2/c1-20(2,3)19-25-24-17(30-19)18(29)27-8-7-12-15(23-10-22-12)16(27)13-9-11-5-4-6-14(21)28(11)26-13/h4-6,9-10,16H,7-8H2,1-3H3,(H,22,23). The van der Waals surface area contributed by atoms with E-state index in [4.69, 9.17) is 16.0 Å². The van der Waals surface area contributed by atoms with Crippen LogP contribution in [0.25, 0.3) is 5.52 Å². The van der Waals surface area contributed by atoms with E-state index in [-0.39, 0.29) is 17.2 Å². The van der Waals surface area contributed by atoms with E-state index in [1.165, 1.54) is 0 Å². The number of aromatic nitrogens is 6. The molecule has 1 amide bonds. The molecule has 0 spiro atoms. The maximum absolute atomic E-state index is 13.4. The molecule has 154 valence electrons. The van der Waals surface area contributed by atoms with Gasteiger partial charge in [-0.15, -0.1) is 10.2 Å². The number of nitrogens with one attached hydrogen (secondary N) is 1. The lowest BCUT2D eigenvalue weighted by Crippen LogP contribution is -2.41. The lowest BCUT2D eigenvalue weighted by atomic mass is 9.97. The van der Waals surface area contributed by atoms with E-state index >= 15 is 0 Å². The molecule has 0 aliphatic carbocycles. The molecule has 4 aromatic rings. The molecule has 1 N–H and O–H groups in total. The number of pyridine rings is 1. The minimum absolute atomic E-state index is 0.0364. The van der Waals surface area contributed by atoms with E-state index in [2.05, 4.69) is 25.3 Å². The van der Waals surface area contributed by atoms with Crippen LogP contribution in [-0.2, 0) is 11.8 Å². The van der Waals surface area contributed by atoms with Gasteiger partial charge >= 0.3 is 11.8 Å². The molecule has 0 saturated heterocycles. The van der Waals surface area contributed by atoms with Gasteiger partial charge in [-0.1, -0.05) is 38.4 Å². The molecule has 1 unspecified atom stereocenters. The molecule has 0 radical (unpaired) electrons. The van der Waals surface area contributed by atoms with Crippen LogP contribution in [0.2, 0.25) is 5.15 Å². The highest BCUT2D eigenvalue weighted by Gasteiger charge is 2.38. The van der Waals surface area contributed by atoms with Crippen molar-refractivity contribution in [2.24, 2.45) is 0 Å². The number of amides is 1. The highest BCUT2D eigenvalue weighted by Crippen LogP contribution is 2.34. The van der Waals surface area contributed by atoms with Gasteiger partial charge in [0.05, 0.1) is 23.2 Å². The minimum atomic E-state index is -0.492. The van der Waals surface area contributed by atoms with Crippen molar-refractivity contribution in [2.75, 3.05) is 6.54 Å². The third kappa shape index (κ3) is 2.97. The summed E-state index contributed by atoms with van der Waals surface area (Å²) in [6.07, 6.45) is 2.28. The average molecular weight is 426 g/mol. The predicted octanol–water partition coefficient (Wildman–Crippen LogP) is 3.18. The van der Waals surface area contributed by atoms with Gasteiger partial charge in [-0.25, -0.2) is 9.50 Å². The minimum Gasteiger partial charge on any atom is -0.416 e. The zero-order valence-corrected chi connectivity index (χ0v) is 17.5. The molecule has 1 aliphatic rings. The molecule has 0 aromatic carbocycles. The van der Waals surface area contributed by atoms with E-state index in [9.17, 15) is 4.79 Å². The van der Waals surface area contributed by atoms with Gasteiger partial charge in [0.2, 0.25) is 5.89 Å². The van der Waals surface area contributed by atoms with Crippen LogP contribution in [0.5, 0.6) is 0 Å². The predicted molar refractivity (Wildman–Crippen MR) is 108 cm³/mol. The van der Waals surface area contributed by atoms with Crippen LogP contribution in [0, 0.1) is 0 Å². The van der Waals surface area contributed by atoms with Gasteiger partial charge in [-0.05, 0) is 18.2 Å². The Morgan fingerprint density at radius 1 is 1.30 bits per heavy atom. The van der Waals surface area contributed by atoms with Crippen LogP contribution in [0.15, 0.2) is 35.0 Å². The SMILES string of the molecule is CC(C)(C)c1nnc(C(=O)N2CCc3[nH]cnc3C2c2cc3cccc(Cl)n3n2)o1. The molecule has 5 heterocycles. The monoisotopic (exact) mass is 425 g/mol. The zero-order valence-electron chi connectivity index (χ0n) is 16.8. The van der Waals surface area contributed by atoms with Crippen molar-refractivity contribution < 1.29 is 9.21 Å². The molecule has 10 heteroatoms. The number of nitrogens with zero attached hydrogens (tertiary/aromatic N) is 6. The lowest BCUT2D eigenvalue weighted by Gasteiger charge is -2.32. The molecular weight excluding hydrogens is 406 g/mol. The molecule has 5 rings (SSSR count). The Kier molecular flexibility index (Phi) is 4.18. The second-order valence-electron chi connectivity index (χ2n) is 8.33. The van der Waals surface area contributed by atoms with Crippen molar-refractivity contribution in [3.63, 3.8) is 0 Å². The van der Waals surface area contributed by atoms with Gasteiger partial charge in [0.15, 0.2) is 0 Å². The quantitative estimate of drug-likeness (QED) is 0.494. The van der Waals surface area contributed by atoms with Gasteiger partial charge in [0.25, 0.3) is 0 Å². The molecule has 30 heavy (non-hydrogen) atoms. The molecule has 0 bridgehead atoms. The van der Waals surface area contributed by atoms with Gasteiger partial charge in [-0.3, -0.25) is 4.79 Å². The Bertz CT molecular complexity index is 1250. The number of hydrogen-bond acceptors (Lipinski definition) is 6. The maximum atomic E-state index is 13.4. The van der Waals surface area contributed by atoms with Crippen molar-refractivity contribution in [1.82, 2.24) is 34.7 Å².